The van der Waals surface area contributed by atoms with Crippen molar-refractivity contribution in [1.29, 1.82) is 0 Å². The molecule has 0 spiro atoms. The topological polar surface area (TPSA) is 78.9 Å². The van der Waals surface area contributed by atoms with E-state index in [0.29, 0.717) is 11.3 Å². The monoisotopic (exact) mass is 427 g/mol. The lowest BCUT2D eigenvalue weighted by Crippen LogP contribution is -1.99. The summed E-state index contributed by atoms with van der Waals surface area (Å²) in [5.74, 6) is 1.22. The van der Waals surface area contributed by atoms with Crippen LogP contribution in [0.25, 0.3) is 11.2 Å². The second-order valence-corrected chi connectivity index (χ2v) is 6.64. The highest BCUT2D eigenvalue weighted by Crippen LogP contribution is 2.35. The molecule has 0 fully saturated rings. The van der Waals surface area contributed by atoms with Crippen LogP contribution in [0.2, 0.25) is 0 Å². The second-order valence-electron chi connectivity index (χ2n) is 4.47. The van der Waals surface area contributed by atoms with E-state index < -0.39 is 0 Å². The average molecular weight is 427 g/mol. The molecule has 0 aliphatic carbocycles. The van der Waals surface area contributed by atoms with E-state index in [9.17, 15) is 0 Å². The number of hydrogen-bond donors (Lipinski definition) is 1. The van der Waals surface area contributed by atoms with Gasteiger partial charge in [0.2, 0.25) is 0 Å². The van der Waals surface area contributed by atoms with Gasteiger partial charge in [0.1, 0.15) is 12.1 Å². The van der Waals surface area contributed by atoms with E-state index in [-0.39, 0.29) is 0 Å². The maximum absolute atomic E-state index is 5.90. The van der Waals surface area contributed by atoms with Gasteiger partial charge in [-0.05, 0) is 47.7 Å². The Kier molecular flexibility index (Phi) is 4.39. The van der Waals surface area contributed by atoms with Crippen molar-refractivity contribution in [2.24, 2.45) is 0 Å². The molecular weight excluding hydrogens is 413 g/mol. The van der Waals surface area contributed by atoms with Gasteiger partial charge in [0, 0.05) is 15.0 Å². The third kappa shape index (κ3) is 2.72. The number of rotatable bonds is 4. The minimum Gasteiger partial charge on any atom is -0.497 e. The van der Waals surface area contributed by atoms with Gasteiger partial charge in [-0.3, -0.25) is 0 Å². The SMILES string of the molecule is CCn1c(Sc2cc(OC)ccc2I)nc2c(N)ncnc21. The van der Waals surface area contributed by atoms with E-state index in [1.165, 1.54) is 6.33 Å². The Bertz CT molecular complexity index is 835. The number of halogens is 1. The Morgan fingerprint density at radius 3 is 2.91 bits per heavy atom. The van der Waals surface area contributed by atoms with Gasteiger partial charge in [0.25, 0.3) is 0 Å². The summed E-state index contributed by atoms with van der Waals surface area (Å²) in [4.78, 5) is 14.0. The Morgan fingerprint density at radius 1 is 1.36 bits per heavy atom. The molecule has 0 saturated carbocycles. The van der Waals surface area contributed by atoms with Gasteiger partial charge in [-0.25, -0.2) is 15.0 Å². The number of anilines is 1. The largest absolute Gasteiger partial charge is 0.497 e. The minimum atomic E-state index is 0.402. The van der Waals surface area contributed by atoms with Crippen LogP contribution in [0.15, 0.2) is 34.6 Å². The molecule has 0 aliphatic heterocycles. The van der Waals surface area contributed by atoms with Crippen molar-refractivity contribution in [3.63, 3.8) is 0 Å². The van der Waals surface area contributed by atoms with Crippen LogP contribution in [0, 0.1) is 3.57 Å². The molecule has 0 atom stereocenters. The molecule has 2 N–H and O–H groups in total. The maximum atomic E-state index is 5.90. The van der Waals surface area contributed by atoms with Crippen molar-refractivity contribution < 1.29 is 4.74 Å². The summed E-state index contributed by atoms with van der Waals surface area (Å²) < 4.78 is 8.47. The van der Waals surface area contributed by atoms with Crippen molar-refractivity contribution in [2.75, 3.05) is 12.8 Å². The van der Waals surface area contributed by atoms with Gasteiger partial charge in [-0.15, -0.1) is 0 Å². The number of aromatic nitrogens is 4. The Morgan fingerprint density at radius 2 is 2.18 bits per heavy atom. The summed E-state index contributed by atoms with van der Waals surface area (Å²) in [5.41, 5.74) is 7.31. The molecule has 0 aliphatic rings. The number of nitrogen functional groups attached to an aromatic ring is 1. The normalized spacial score (nSPS) is 11.0. The molecule has 8 heteroatoms. The van der Waals surface area contributed by atoms with E-state index >= 15 is 0 Å². The first-order chi connectivity index (χ1) is 10.6. The molecular formula is C14H14IN5OS. The lowest BCUT2D eigenvalue weighted by atomic mass is 10.3. The third-order valence-electron chi connectivity index (χ3n) is 3.18. The number of nitrogens with two attached hydrogens (primary N) is 1. The predicted molar refractivity (Wildman–Crippen MR) is 95.2 cm³/mol. The summed E-state index contributed by atoms with van der Waals surface area (Å²) >= 11 is 3.87. The number of ether oxygens (including phenoxy) is 1. The second kappa shape index (κ2) is 6.29. The minimum absolute atomic E-state index is 0.402. The predicted octanol–water partition coefficient (Wildman–Crippen LogP) is 3.19. The maximum Gasteiger partial charge on any atom is 0.175 e. The van der Waals surface area contributed by atoms with Crippen LogP contribution in [-0.2, 0) is 6.54 Å². The fourth-order valence-corrected chi connectivity index (χ4v) is 3.75. The molecule has 22 heavy (non-hydrogen) atoms. The molecule has 114 valence electrons. The highest BCUT2D eigenvalue weighted by atomic mass is 127. The molecule has 0 radical (unpaired) electrons. The Hall–Kier alpha value is -1.55. The van der Waals surface area contributed by atoms with Gasteiger partial charge >= 0.3 is 0 Å². The zero-order valence-electron chi connectivity index (χ0n) is 12.1. The first-order valence-electron chi connectivity index (χ1n) is 6.62. The van der Waals surface area contributed by atoms with Crippen molar-refractivity contribution in [3.8, 4) is 5.75 Å². The lowest BCUT2D eigenvalue weighted by Gasteiger charge is -2.08. The Balaban J connectivity index is 2.09. The molecule has 3 aromatic rings. The van der Waals surface area contributed by atoms with Crippen LogP contribution < -0.4 is 10.5 Å². The van der Waals surface area contributed by atoms with Gasteiger partial charge in [-0.2, -0.15) is 0 Å². The number of nitrogens with zero attached hydrogens (tertiary/aromatic N) is 4. The Labute approximate surface area is 145 Å². The van der Waals surface area contributed by atoms with Crippen LogP contribution >= 0.6 is 34.4 Å². The highest BCUT2D eigenvalue weighted by molar-refractivity contribution is 14.1. The van der Waals surface area contributed by atoms with Crippen molar-refractivity contribution in [2.45, 2.75) is 23.5 Å². The van der Waals surface area contributed by atoms with Gasteiger partial charge in [0.15, 0.2) is 22.1 Å². The fraction of sp³-hybridized carbons (Fsp3) is 0.214. The quantitative estimate of drug-likeness (QED) is 0.645. The summed E-state index contributed by atoms with van der Waals surface area (Å²) in [7, 11) is 1.66. The molecule has 2 heterocycles. The third-order valence-corrected chi connectivity index (χ3v) is 5.54. The molecule has 0 amide bonds. The van der Waals surface area contributed by atoms with E-state index in [0.717, 1.165) is 31.6 Å². The summed E-state index contributed by atoms with van der Waals surface area (Å²) in [6.07, 6.45) is 1.47. The van der Waals surface area contributed by atoms with Crippen molar-refractivity contribution in [3.05, 3.63) is 28.1 Å². The first kappa shape index (κ1) is 15.3. The molecule has 0 bridgehead atoms. The molecule has 0 unspecified atom stereocenters. The van der Waals surface area contributed by atoms with Crippen LogP contribution in [0.1, 0.15) is 6.92 Å². The number of hydrogen-bond acceptors (Lipinski definition) is 6. The molecule has 0 saturated heterocycles. The average Bonchev–Trinajstić information content (AvgIpc) is 2.88. The van der Waals surface area contributed by atoms with Crippen LogP contribution in [-0.4, -0.2) is 26.6 Å². The number of aryl methyl sites for hydroxylation is 1. The zero-order valence-corrected chi connectivity index (χ0v) is 15.1. The summed E-state index contributed by atoms with van der Waals surface area (Å²) in [6, 6.07) is 5.97. The molecule has 1 aromatic carbocycles. The molecule has 6 nitrogen and oxygen atoms in total. The molecule has 2 aromatic heterocycles. The number of methoxy groups -OCH3 is 1. The summed E-state index contributed by atoms with van der Waals surface area (Å²) in [6.45, 7) is 2.82. The van der Waals surface area contributed by atoms with Gasteiger partial charge in [-0.1, -0.05) is 11.8 Å². The van der Waals surface area contributed by atoms with Crippen LogP contribution in [0.4, 0.5) is 5.82 Å². The highest BCUT2D eigenvalue weighted by Gasteiger charge is 2.16. The van der Waals surface area contributed by atoms with Gasteiger partial charge < -0.3 is 15.0 Å². The standard InChI is InChI=1S/C14H14IN5OS/c1-3-20-13-11(12(16)17-7-18-13)19-14(20)22-10-6-8(21-2)4-5-9(10)15/h4-7H,3H2,1-2H3,(H2,16,17,18). The number of benzene rings is 1. The zero-order chi connectivity index (χ0) is 15.7. The number of imidazole rings is 1. The van der Waals surface area contributed by atoms with E-state index in [1.54, 1.807) is 18.9 Å². The smallest absolute Gasteiger partial charge is 0.175 e. The van der Waals surface area contributed by atoms with Gasteiger partial charge in [0.05, 0.1) is 7.11 Å². The number of fused-ring (bicyclic) bond motifs is 1. The van der Waals surface area contributed by atoms with Crippen molar-refractivity contribution >= 4 is 51.3 Å². The lowest BCUT2D eigenvalue weighted by molar-refractivity contribution is 0.413. The summed E-state index contributed by atoms with van der Waals surface area (Å²) in [5, 5.41) is 0.843. The first-order valence-corrected chi connectivity index (χ1v) is 8.51. The van der Waals surface area contributed by atoms with Crippen molar-refractivity contribution in [1.82, 2.24) is 19.5 Å². The van der Waals surface area contributed by atoms with E-state index in [2.05, 4.69) is 44.5 Å². The fourth-order valence-electron chi connectivity index (χ4n) is 2.08. The van der Waals surface area contributed by atoms with E-state index in [4.69, 9.17) is 10.5 Å². The molecule has 3 rings (SSSR count). The van der Waals surface area contributed by atoms with Crippen LogP contribution in [0.5, 0.6) is 5.75 Å². The van der Waals surface area contributed by atoms with Crippen LogP contribution in [0.3, 0.4) is 0 Å². The van der Waals surface area contributed by atoms with E-state index in [1.807, 2.05) is 22.8 Å².